The summed E-state index contributed by atoms with van der Waals surface area (Å²) in [5.74, 6) is 0.824. The largest absolute Gasteiger partial charge is 0.357 e. The molecule has 23 heavy (non-hydrogen) atoms. The van der Waals surface area contributed by atoms with Gasteiger partial charge in [0.2, 0.25) is 0 Å². The summed E-state index contributed by atoms with van der Waals surface area (Å²) in [6, 6.07) is 1.96. The van der Waals surface area contributed by atoms with Crippen LogP contribution in [-0.2, 0) is 14.1 Å². The summed E-state index contributed by atoms with van der Waals surface area (Å²) in [6.45, 7) is 1.37. The van der Waals surface area contributed by atoms with Crippen LogP contribution in [0.15, 0.2) is 22.0 Å². The van der Waals surface area contributed by atoms with Gasteiger partial charge in [0.1, 0.15) is 11.9 Å². The number of H-pyrrole nitrogens is 1. The van der Waals surface area contributed by atoms with Crippen LogP contribution in [0.4, 0.5) is 5.82 Å². The number of hydrogen-bond acceptors (Lipinski definition) is 5. The van der Waals surface area contributed by atoms with E-state index in [4.69, 9.17) is 0 Å². The van der Waals surface area contributed by atoms with Gasteiger partial charge in [0.05, 0.1) is 6.20 Å². The molecule has 1 N–H and O–H groups in total. The highest BCUT2D eigenvalue weighted by Crippen LogP contribution is 2.29. The Balaban J connectivity index is 1.94. The Bertz CT molecular complexity index is 863. The SMILES string of the molecule is Cn1c(N2CCC(c3cn[nH]c3)CC2)c(C#N)c(=O)n(C)c1=O. The molecule has 0 spiro atoms. The summed E-state index contributed by atoms with van der Waals surface area (Å²) in [6.07, 6.45) is 5.49. The van der Waals surface area contributed by atoms with E-state index in [2.05, 4.69) is 10.2 Å². The van der Waals surface area contributed by atoms with Crippen LogP contribution in [0.25, 0.3) is 0 Å². The second-order valence-electron chi connectivity index (χ2n) is 5.81. The zero-order valence-electron chi connectivity index (χ0n) is 13.1. The first-order valence-corrected chi connectivity index (χ1v) is 7.48. The fraction of sp³-hybridized carbons (Fsp3) is 0.467. The third-order valence-electron chi connectivity index (χ3n) is 4.53. The molecule has 3 rings (SSSR count). The number of piperidine rings is 1. The molecule has 1 aliphatic rings. The van der Waals surface area contributed by atoms with Crippen LogP contribution < -0.4 is 16.1 Å². The van der Waals surface area contributed by atoms with Crippen LogP contribution in [0.2, 0.25) is 0 Å². The van der Waals surface area contributed by atoms with Crippen LogP contribution in [0.1, 0.15) is 29.9 Å². The summed E-state index contributed by atoms with van der Waals surface area (Å²) in [4.78, 5) is 26.3. The maximum atomic E-state index is 12.2. The normalized spacial score (nSPS) is 15.6. The lowest BCUT2D eigenvalue weighted by molar-refractivity contribution is 0.494. The van der Waals surface area contributed by atoms with Crippen molar-refractivity contribution in [2.75, 3.05) is 18.0 Å². The van der Waals surface area contributed by atoms with Gasteiger partial charge in [-0.15, -0.1) is 0 Å². The van der Waals surface area contributed by atoms with Crippen molar-refractivity contribution in [2.45, 2.75) is 18.8 Å². The van der Waals surface area contributed by atoms with Crippen molar-refractivity contribution in [1.29, 1.82) is 5.26 Å². The Morgan fingerprint density at radius 1 is 1.26 bits per heavy atom. The maximum absolute atomic E-state index is 12.2. The molecule has 1 aliphatic heterocycles. The average molecular weight is 314 g/mol. The predicted octanol–water partition coefficient (Wildman–Crippen LogP) is 0.0628. The standard InChI is InChI=1S/C15H18N6O2/c1-19-13(12(7-16)14(22)20(2)15(19)23)21-5-3-10(4-6-21)11-8-17-18-9-11/h8-10H,3-6H2,1-2H3,(H,17,18). The van der Waals surface area contributed by atoms with Crippen LogP contribution in [0.5, 0.6) is 0 Å². The molecule has 0 amide bonds. The minimum absolute atomic E-state index is 0.0244. The van der Waals surface area contributed by atoms with Gasteiger partial charge in [0, 0.05) is 33.4 Å². The summed E-state index contributed by atoms with van der Waals surface area (Å²) < 4.78 is 2.36. The van der Waals surface area contributed by atoms with Crippen LogP contribution in [-0.4, -0.2) is 32.4 Å². The Labute approximate surface area is 132 Å². The molecule has 1 saturated heterocycles. The molecular weight excluding hydrogens is 296 g/mol. The molecular formula is C15H18N6O2. The van der Waals surface area contributed by atoms with Crippen LogP contribution in [0.3, 0.4) is 0 Å². The number of nitrogens with zero attached hydrogens (tertiary/aromatic N) is 5. The van der Waals surface area contributed by atoms with Crippen molar-refractivity contribution < 1.29 is 0 Å². The Hall–Kier alpha value is -2.82. The molecule has 0 radical (unpaired) electrons. The lowest BCUT2D eigenvalue weighted by atomic mass is 9.91. The van der Waals surface area contributed by atoms with Gasteiger partial charge in [-0.1, -0.05) is 0 Å². The van der Waals surface area contributed by atoms with E-state index in [0.29, 0.717) is 24.8 Å². The zero-order chi connectivity index (χ0) is 16.6. The molecule has 1 fully saturated rings. The van der Waals surface area contributed by atoms with Crippen molar-refractivity contribution in [2.24, 2.45) is 14.1 Å². The van der Waals surface area contributed by atoms with Gasteiger partial charge in [-0.25, -0.2) is 4.79 Å². The van der Waals surface area contributed by atoms with Crippen molar-refractivity contribution in [3.8, 4) is 6.07 Å². The van der Waals surface area contributed by atoms with Crippen molar-refractivity contribution in [1.82, 2.24) is 19.3 Å². The monoisotopic (exact) mass is 314 g/mol. The van der Waals surface area contributed by atoms with E-state index in [0.717, 1.165) is 17.4 Å². The molecule has 0 bridgehead atoms. The summed E-state index contributed by atoms with van der Waals surface area (Å²) >= 11 is 0. The number of rotatable bonds is 2. The van der Waals surface area contributed by atoms with Gasteiger partial charge in [-0.3, -0.25) is 19.0 Å². The molecule has 0 unspecified atom stereocenters. The van der Waals surface area contributed by atoms with Gasteiger partial charge in [-0.2, -0.15) is 10.4 Å². The van der Waals surface area contributed by atoms with Gasteiger partial charge >= 0.3 is 5.69 Å². The molecule has 0 atom stereocenters. The second-order valence-corrected chi connectivity index (χ2v) is 5.81. The second kappa shape index (κ2) is 5.76. The molecule has 120 valence electrons. The number of nitriles is 1. The number of aromatic amines is 1. The Morgan fingerprint density at radius 2 is 1.96 bits per heavy atom. The summed E-state index contributed by atoms with van der Waals surface area (Å²) in [7, 11) is 2.99. The molecule has 2 aromatic rings. The first-order chi connectivity index (χ1) is 11.0. The number of hydrogen-bond donors (Lipinski definition) is 1. The summed E-state index contributed by atoms with van der Waals surface area (Å²) in [5, 5.41) is 16.2. The van der Waals surface area contributed by atoms with Crippen molar-refractivity contribution in [3.63, 3.8) is 0 Å². The third kappa shape index (κ3) is 2.44. The number of aromatic nitrogens is 4. The van der Waals surface area contributed by atoms with E-state index in [9.17, 15) is 14.9 Å². The average Bonchev–Trinajstić information content (AvgIpc) is 3.11. The van der Waals surface area contributed by atoms with E-state index in [-0.39, 0.29) is 5.56 Å². The summed E-state index contributed by atoms with van der Waals surface area (Å²) in [5.41, 5.74) is 0.239. The fourth-order valence-electron chi connectivity index (χ4n) is 3.21. The smallest absolute Gasteiger partial charge is 0.332 e. The Kier molecular flexibility index (Phi) is 3.78. The highest BCUT2D eigenvalue weighted by molar-refractivity contribution is 5.53. The van der Waals surface area contributed by atoms with Crippen molar-refractivity contribution >= 4 is 5.82 Å². The predicted molar refractivity (Wildman–Crippen MR) is 84.4 cm³/mol. The van der Waals surface area contributed by atoms with Crippen molar-refractivity contribution in [3.05, 3.63) is 44.4 Å². The van der Waals surface area contributed by atoms with E-state index >= 15 is 0 Å². The lowest BCUT2D eigenvalue weighted by Crippen LogP contribution is -2.44. The van der Waals surface area contributed by atoms with Crippen LogP contribution in [0, 0.1) is 11.3 Å². The highest BCUT2D eigenvalue weighted by Gasteiger charge is 2.26. The molecule has 8 heteroatoms. The molecule has 0 aromatic carbocycles. The Morgan fingerprint density at radius 3 is 2.52 bits per heavy atom. The van der Waals surface area contributed by atoms with E-state index in [1.165, 1.54) is 17.2 Å². The quantitative estimate of drug-likeness (QED) is 0.845. The first kappa shape index (κ1) is 15.1. The maximum Gasteiger partial charge on any atom is 0.332 e. The minimum Gasteiger partial charge on any atom is -0.357 e. The number of nitrogens with one attached hydrogen (secondary N) is 1. The van der Waals surface area contributed by atoms with Crippen LogP contribution >= 0.6 is 0 Å². The lowest BCUT2D eigenvalue weighted by Gasteiger charge is -2.34. The molecule has 8 nitrogen and oxygen atoms in total. The fourth-order valence-corrected chi connectivity index (χ4v) is 3.21. The molecule has 2 aromatic heterocycles. The highest BCUT2D eigenvalue weighted by atomic mass is 16.2. The topological polar surface area (TPSA) is 99.7 Å². The first-order valence-electron chi connectivity index (χ1n) is 7.48. The zero-order valence-corrected chi connectivity index (χ0v) is 13.1. The molecule has 0 aliphatic carbocycles. The van der Waals surface area contributed by atoms with Gasteiger partial charge in [0.25, 0.3) is 5.56 Å². The van der Waals surface area contributed by atoms with Gasteiger partial charge < -0.3 is 4.90 Å². The third-order valence-corrected chi connectivity index (χ3v) is 4.53. The van der Waals surface area contributed by atoms with Gasteiger partial charge in [0.15, 0.2) is 5.56 Å². The molecule has 3 heterocycles. The number of anilines is 1. The van der Waals surface area contributed by atoms with E-state index in [1.54, 1.807) is 7.05 Å². The van der Waals surface area contributed by atoms with Gasteiger partial charge in [-0.05, 0) is 24.3 Å². The molecule has 0 saturated carbocycles. The van der Waals surface area contributed by atoms with E-state index in [1.807, 2.05) is 23.4 Å². The minimum atomic E-state index is -0.539. The van der Waals surface area contributed by atoms with E-state index < -0.39 is 11.2 Å².